The Kier molecular flexibility index (Phi) is 3.89. The number of carboxylic acids is 1. The van der Waals surface area contributed by atoms with E-state index in [1.165, 1.54) is 0 Å². The molecule has 4 heteroatoms. The van der Waals surface area contributed by atoms with E-state index in [-0.39, 0.29) is 11.8 Å². The molecule has 0 atom stereocenters. The van der Waals surface area contributed by atoms with Crippen LogP contribution >= 0.6 is 0 Å². The van der Waals surface area contributed by atoms with Gasteiger partial charge in [-0.15, -0.1) is 0 Å². The van der Waals surface area contributed by atoms with Gasteiger partial charge in [0, 0.05) is 32.7 Å². The lowest BCUT2D eigenvalue weighted by atomic mass is 9.88. The molecular weight excluding hydrogens is 180 g/mol. The lowest BCUT2D eigenvalue weighted by Gasteiger charge is -2.34. The molecule has 1 fully saturated rings. The van der Waals surface area contributed by atoms with Crippen molar-refractivity contribution in [3.05, 3.63) is 0 Å². The molecule has 0 aromatic rings. The molecule has 1 rings (SSSR count). The molecule has 0 radical (unpaired) electrons. The van der Waals surface area contributed by atoms with Gasteiger partial charge in [-0.3, -0.25) is 4.79 Å². The van der Waals surface area contributed by atoms with Crippen molar-refractivity contribution in [3.63, 3.8) is 0 Å². The predicted octanol–water partition coefficient (Wildman–Crippen LogP) is 0.393. The van der Waals surface area contributed by atoms with Gasteiger partial charge in [0.2, 0.25) is 0 Å². The molecule has 0 spiro atoms. The standard InChI is InChI=1S/C10H20N2O2/c1-10(2,7-9(13)14)8-12-5-3-11-4-6-12/h11H,3-8H2,1-2H3,(H,13,14). The molecule has 0 bridgehead atoms. The van der Waals surface area contributed by atoms with Crippen LogP contribution in [0.4, 0.5) is 0 Å². The van der Waals surface area contributed by atoms with Crippen molar-refractivity contribution in [2.75, 3.05) is 32.7 Å². The summed E-state index contributed by atoms with van der Waals surface area (Å²) in [6.07, 6.45) is 0.247. The normalized spacial score (nSPS) is 19.6. The molecule has 0 aromatic heterocycles. The van der Waals surface area contributed by atoms with Crippen molar-refractivity contribution in [2.24, 2.45) is 5.41 Å². The number of carboxylic acid groups (broad SMARTS) is 1. The lowest BCUT2D eigenvalue weighted by Crippen LogP contribution is -2.47. The predicted molar refractivity (Wildman–Crippen MR) is 55.3 cm³/mol. The van der Waals surface area contributed by atoms with Crippen LogP contribution in [0.3, 0.4) is 0 Å². The summed E-state index contributed by atoms with van der Waals surface area (Å²) in [5, 5.41) is 12.0. The van der Waals surface area contributed by atoms with E-state index in [0.717, 1.165) is 32.7 Å². The summed E-state index contributed by atoms with van der Waals surface area (Å²) < 4.78 is 0. The SMILES string of the molecule is CC(C)(CC(=O)O)CN1CCNCC1. The highest BCUT2D eigenvalue weighted by molar-refractivity contribution is 5.67. The summed E-state index contributed by atoms with van der Waals surface area (Å²) in [7, 11) is 0. The molecule has 0 amide bonds. The number of piperazine rings is 1. The topological polar surface area (TPSA) is 52.6 Å². The molecule has 1 saturated heterocycles. The third-order valence-corrected chi connectivity index (χ3v) is 2.49. The smallest absolute Gasteiger partial charge is 0.303 e. The van der Waals surface area contributed by atoms with Crippen LogP contribution in [0.5, 0.6) is 0 Å². The zero-order chi connectivity index (χ0) is 10.6. The second-order valence-corrected chi connectivity index (χ2v) is 4.76. The van der Waals surface area contributed by atoms with E-state index in [1.54, 1.807) is 0 Å². The van der Waals surface area contributed by atoms with Crippen LogP contribution in [0.15, 0.2) is 0 Å². The summed E-state index contributed by atoms with van der Waals surface area (Å²) in [6.45, 7) is 9.01. The highest BCUT2D eigenvalue weighted by Crippen LogP contribution is 2.21. The first-order valence-corrected chi connectivity index (χ1v) is 5.14. The van der Waals surface area contributed by atoms with Crippen molar-refractivity contribution >= 4 is 5.97 Å². The molecule has 82 valence electrons. The molecular formula is C10H20N2O2. The van der Waals surface area contributed by atoms with Gasteiger partial charge >= 0.3 is 5.97 Å². The first-order chi connectivity index (χ1) is 6.49. The van der Waals surface area contributed by atoms with Crippen LogP contribution in [0.25, 0.3) is 0 Å². The van der Waals surface area contributed by atoms with Crippen LogP contribution < -0.4 is 5.32 Å². The zero-order valence-electron chi connectivity index (χ0n) is 9.05. The summed E-state index contributed by atoms with van der Waals surface area (Å²) >= 11 is 0. The highest BCUT2D eigenvalue weighted by Gasteiger charge is 2.25. The van der Waals surface area contributed by atoms with E-state index >= 15 is 0 Å². The Bertz CT molecular complexity index is 198. The second kappa shape index (κ2) is 4.75. The summed E-state index contributed by atoms with van der Waals surface area (Å²) in [4.78, 5) is 13.0. The fourth-order valence-corrected chi connectivity index (χ4v) is 1.94. The molecule has 1 aliphatic heterocycles. The summed E-state index contributed by atoms with van der Waals surface area (Å²) in [5.74, 6) is -0.704. The monoisotopic (exact) mass is 200 g/mol. The van der Waals surface area contributed by atoms with Gasteiger partial charge in [-0.2, -0.15) is 0 Å². The molecule has 4 nitrogen and oxygen atoms in total. The average molecular weight is 200 g/mol. The Morgan fingerprint density at radius 1 is 1.43 bits per heavy atom. The van der Waals surface area contributed by atoms with Crippen molar-refractivity contribution in [2.45, 2.75) is 20.3 Å². The Morgan fingerprint density at radius 3 is 2.50 bits per heavy atom. The molecule has 1 heterocycles. The van der Waals surface area contributed by atoms with Gasteiger partial charge in [0.1, 0.15) is 0 Å². The van der Waals surface area contributed by atoms with Crippen LogP contribution in [-0.2, 0) is 4.79 Å². The van der Waals surface area contributed by atoms with Gasteiger partial charge in [-0.1, -0.05) is 13.8 Å². The molecule has 0 unspecified atom stereocenters. The maximum atomic E-state index is 10.6. The third-order valence-electron chi connectivity index (χ3n) is 2.49. The van der Waals surface area contributed by atoms with Gasteiger partial charge in [-0.05, 0) is 5.41 Å². The first-order valence-electron chi connectivity index (χ1n) is 5.14. The summed E-state index contributed by atoms with van der Waals surface area (Å²) in [5.41, 5.74) is -0.122. The number of nitrogens with zero attached hydrogens (tertiary/aromatic N) is 1. The van der Waals surface area contributed by atoms with Gasteiger partial charge in [0.05, 0.1) is 6.42 Å². The fourth-order valence-electron chi connectivity index (χ4n) is 1.94. The van der Waals surface area contributed by atoms with E-state index in [1.807, 2.05) is 13.8 Å². The number of hydrogen-bond acceptors (Lipinski definition) is 3. The Hall–Kier alpha value is -0.610. The van der Waals surface area contributed by atoms with Gasteiger partial charge in [-0.25, -0.2) is 0 Å². The minimum atomic E-state index is -0.704. The van der Waals surface area contributed by atoms with Gasteiger partial charge in [0.25, 0.3) is 0 Å². The number of aliphatic carboxylic acids is 1. The Morgan fingerprint density at radius 2 is 2.00 bits per heavy atom. The largest absolute Gasteiger partial charge is 0.481 e. The maximum Gasteiger partial charge on any atom is 0.303 e. The van der Waals surface area contributed by atoms with E-state index < -0.39 is 5.97 Å². The van der Waals surface area contributed by atoms with Gasteiger partial charge < -0.3 is 15.3 Å². The Balaban J connectivity index is 2.36. The van der Waals surface area contributed by atoms with Crippen molar-refractivity contribution in [3.8, 4) is 0 Å². The van der Waals surface area contributed by atoms with Crippen molar-refractivity contribution in [1.29, 1.82) is 0 Å². The fraction of sp³-hybridized carbons (Fsp3) is 0.900. The maximum absolute atomic E-state index is 10.6. The molecule has 0 aliphatic carbocycles. The van der Waals surface area contributed by atoms with Crippen LogP contribution in [0.1, 0.15) is 20.3 Å². The quantitative estimate of drug-likeness (QED) is 0.689. The van der Waals surface area contributed by atoms with E-state index in [9.17, 15) is 4.79 Å². The van der Waals surface area contributed by atoms with E-state index in [0.29, 0.717) is 0 Å². The summed E-state index contributed by atoms with van der Waals surface area (Å²) in [6, 6.07) is 0. The highest BCUT2D eigenvalue weighted by atomic mass is 16.4. The van der Waals surface area contributed by atoms with E-state index in [4.69, 9.17) is 5.11 Å². The third kappa shape index (κ3) is 4.07. The molecule has 1 aliphatic rings. The van der Waals surface area contributed by atoms with Crippen LogP contribution in [-0.4, -0.2) is 48.7 Å². The lowest BCUT2D eigenvalue weighted by molar-refractivity contribution is -0.139. The molecule has 0 saturated carbocycles. The second-order valence-electron chi connectivity index (χ2n) is 4.76. The van der Waals surface area contributed by atoms with Crippen LogP contribution in [0.2, 0.25) is 0 Å². The number of nitrogens with one attached hydrogen (secondary N) is 1. The zero-order valence-corrected chi connectivity index (χ0v) is 9.05. The minimum Gasteiger partial charge on any atom is -0.481 e. The molecule has 14 heavy (non-hydrogen) atoms. The Labute approximate surface area is 85.3 Å². The number of hydrogen-bond donors (Lipinski definition) is 2. The molecule has 0 aromatic carbocycles. The first kappa shape index (κ1) is 11.5. The number of carbonyl (C=O) groups is 1. The number of rotatable bonds is 4. The van der Waals surface area contributed by atoms with Crippen molar-refractivity contribution < 1.29 is 9.90 Å². The minimum absolute atomic E-state index is 0.122. The van der Waals surface area contributed by atoms with Gasteiger partial charge in [0.15, 0.2) is 0 Å². The van der Waals surface area contributed by atoms with Crippen LogP contribution in [0, 0.1) is 5.41 Å². The molecule has 2 N–H and O–H groups in total. The average Bonchev–Trinajstić information content (AvgIpc) is 2.02. The van der Waals surface area contributed by atoms with E-state index in [2.05, 4.69) is 10.2 Å². The van der Waals surface area contributed by atoms with Crippen molar-refractivity contribution in [1.82, 2.24) is 10.2 Å².